The van der Waals surface area contributed by atoms with Crippen LogP contribution >= 0.6 is 11.3 Å². The second-order valence-corrected chi connectivity index (χ2v) is 6.63. The summed E-state index contributed by atoms with van der Waals surface area (Å²) < 4.78 is 0. The third-order valence-electron chi connectivity index (χ3n) is 4.17. The largest absolute Gasteiger partial charge is 0.499 e. The van der Waals surface area contributed by atoms with Gasteiger partial charge >= 0.3 is 0 Å². The molecule has 106 valence electrons. The highest BCUT2D eigenvalue weighted by molar-refractivity contribution is 7.13. The summed E-state index contributed by atoms with van der Waals surface area (Å²) in [4.78, 5) is 13.4. The Balaban J connectivity index is 2.94. The average molecular weight is 288 g/mol. The van der Waals surface area contributed by atoms with Crippen LogP contribution in [0.15, 0.2) is 10.9 Å². The van der Waals surface area contributed by atoms with E-state index in [1.807, 2.05) is 27.7 Å². The normalized spacial score (nSPS) is 10.9. The van der Waals surface area contributed by atoms with Crippen LogP contribution < -0.4 is 5.43 Å². The van der Waals surface area contributed by atoms with Crippen molar-refractivity contribution in [2.45, 2.75) is 41.5 Å². The van der Waals surface area contributed by atoms with Crippen molar-refractivity contribution in [1.82, 2.24) is 0 Å². The molecule has 2 rings (SSSR count). The highest BCUT2D eigenvalue weighted by Gasteiger charge is 2.19. The van der Waals surface area contributed by atoms with Crippen molar-refractivity contribution in [3.8, 4) is 16.2 Å². The van der Waals surface area contributed by atoms with Crippen LogP contribution in [0.5, 0.6) is 5.06 Å². The molecule has 0 fully saturated rings. The maximum atomic E-state index is 12.6. The third-order valence-corrected chi connectivity index (χ3v) is 5.18. The minimum absolute atomic E-state index is 0.0618. The first-order chi connectivity index (χ1) is 9.25. The molecule has 20 heavy (non-hydrogen) atoms. The summed E-state index contributed by atoms with van der Waals surface area (Å²) in [6.45, 7) is 11.8. The van der Waals surface area contributed by atoms with E-state index in [4.69, 9.17) is 0 Å². The lowest BCUT2D eigenvalue weighted by atomic mass is 9.90. The molecule has 0 aliphatic carbocycles. The zero-order valence-electron chi connectivity index (χ0n) is 12.8. The molecule has 3 heteroatoms. The van der Waals surface area contributed by atoms with Gasteiger partial charge in [-0.15, -0.1) is 11.3 Å². The first-order valence-electron chi connectivity index (χ1n) is 6.66. The first kappa shape index (κ1) is 14.8. The Morgan fingerprint density at radius 3 is 2.05 bits per heavy atom. The molecule has 1 aromatic heterocycles. The Bertz CT molecular complexity index is 755. The lowest BCUT2D eigenvalue weighted by molar-refractivity contribution is 0.491. The summed E-state index contributed by atoms with van der Waals surface area (Å²) in [5.74, 6) is 0. The molecule has 2 aromatic rings. The van der Waals surface area contributed by atoms with Gasteiger partial charge in [0.25, 0.3) is 0 Å². The Kier molecular flexibility index (Phi) is 3.74. The molecule has 0 aliphatic heterocycles. The number of hydrogen-bond donors (Lipinski definition) is 1. The topological polar surface area (TPSA) is 37.3 Å². The Hall–Kier alpha value is -1.61. The highest BCUT2D eigenvalue weighted by Crippen LogP contribution is 2.37. The molecule has 1 heterocycles. The van der Waals surface area contributed by atoms with Gasteiger partial charge in [-0.05, 0) is 69.4 Å². The van der Waals surface area contributed by atoms with Gasteiger partial charge in [-0.1, -0.05) is 6.07 Å². The fourth-order valence-corrected chi connectivity index (χ4v) is 3.44. The van der Waals surface area contributed by atoms with Crippen molar-refractivity contribution < 1.29 is 5.11 Å². The van der Waals surface area contributed by atoms with Crippen LogP contribution in [0.2, 0.25) is 0 Å². The van der Waals surface area contributed by atoms with Crippen LogP contribution in [0.25, 0.3) is 11.1 Å². The lowest BCUT2D eigenvalue weighted by Gasteiger charge is -2.16. The van der Waals surface area contributed by atoms with Crippen LogP contribution in [-0.4, -0.2) is 5.11 Å². The van der Waals surface area contributed by atoms with Gasteiger partial charge in [0.05, 0.1) is 5.56 Å². The summed E-state index contributed by atoms with van der Waals surface area (Å²) in [5.41, 5.74) is 6.49. The quantitative estimate of drug-likeness (QED) is 0.848. The molecule has 0 bridgehead atoms. The van der Waals surface area contributed by atoms with Crippen molar-refractivity contribution in [3.05, 3.63) is 49.0 Å². The molecular weight excluding hydrogens is 268 g/mol. The molecule has 0 aliphatic rings. The molecule has 0 spiro atoms. The number of benzene rings is 1. The minimum Gasteiger partial charge on any atom is -0.499 e. The van der Waals surface area contributed by atoms with Gasteiger partial charge in [0.1, 0.15) is 0 Å². The summed E-state index contributed by atoms with van der Waals surface area (Å²) in [6.07, 6.45) is 0. The number of aryl methyl sites for hydroxylation is 3. The van der Waals surface area contributed by atoms with Crippen molar-refractivity contribution in [2.75, 3.05) is 0 Å². The molecule has 0 unspecified atom stereocenters. The van der Waals surface area contributed by atoms with Gasteiger partial charge in [-0.25, -0.2) is 0 Å². The molecule has 0 saturated heterocycles. The van der Waals surface area contributed by atoms with Gasteiger partial charge in [0.15, 0.2) is 10.5 Å². The van der Waals surface area contributed by atoms with E-state index in [2.05, 4.69) is 19.9 Å². The fourth-order valence-electron chi connectivity index (χ4n) is 2.61. The van der Waals surface area contributed by atoms with E-state index in [0.29, 0.717) is 5.56 Å². The SMILES string of the molecule is Cc1cc(C)c(-c2c(O)sc(C)c(C)c2=O)c(C)c1C. The molecule has 0 saturated carbocycles. The van der Waals surface area contributed by atoms with Gasteiger partial charge in [-0.3, -0.25) is 4.79 Å². The molecular formula is C17H20O2S. The number of hydrogen-bond acceptors (Lipinski definition) is 3. The fraction of sp³-hybridized carbons (Fsp3) is 0.353. The maximum absolute atomic E-state index is 12.6. The van der Waals surface area contributed by atoms with E-state index in [1.54, 1.807) is 0 Å². The van der Waals surface area contributed by atoms with E-state index in [1.165, 1.54) is 22.5 Å². The first-order valence-corrected chi connectivity index (χ1v) is 7.48. The zero-order chi connectivity index (χ0) is 15.2. The van der Waals surface area contributed by atoms with E-state index >= 15 is 0 Å². The van der Waals surface area contributed by atoms with Crippen molar-refractivity contribution in [1.29, 1.82) is 0 Å². The van der Waals surface area contributed by atoms with Crippen molar-refractivity contribution >= 4 is 11.3 Å². The number of rotatable bonds is 1. The van der Waals surface area contributed by atoms with Gasteiger partial charge in [0, 0.05) is 10.4 Å². The van der Waals surface area contributed by atoms with Crippen LogP contribution in [-0.2, 0) is 0 Å². The molecule has 2 nitrogen and oxygen atoms in total. The van der Waals surface area contributed by atoms with Gasteiger partial charge in [0.2, 0.25) is 0 Å². The smallest absolute Gasteiger partial charge is 0.195 e. The molecule has 1 aromatic carbocycles. The van der Waals surface area contributed by atoms with E-state index in [-0.39, 0.29) is 10.5 Å². The predicted molar refractivity (Wildman–Crippen MR) is 86.1 cm³/mol. The second-order valence-electron chi connectivity index (χ2n) is 5.43. The van der Waals surface area contributed by atoms with E-state index in [0.717, 1.165) is 27.1 Å². The third kappa shape index (κ3) is 2.16. The monoisotopic (exact) mass is 288 g/mol. The van der Waals surface area contributed by atoms with Crippen LogP contribution in [0.3, 0.4) is 0 Å². The molecule has 0 amide bonds. The van der Waals surface area contributed by atoms with Gasteiger partial charge < -0.3 is 5.11 Å². The molecule has 1 N–H and O–H groups in total. The van der Waals surface area contributed by atoms with E-state index in [9.17, 15) is 9.90 Å². The maximum Gasteiger partial charge on any atom is 0.195 e. The summed E-state index contributed by atoms with van der Waals surface area (Å²) in [5, 5.41) is 10.4. The van der Waals surface area contributed by atoms with Crippen molar-refractivity contribution in [3.63, 3.8) is 0 Å². The van der Waals surface area contributed by atoms with Crippen LogP contribution in [0.4, 0.5) is 0 Å². The predicted octanol–water partition coefficient (Wildman–Crippen LogP) is 4.33. The van der Waals surface area contributed by atoms with Crippen LogP contribution in [0.1, 0.15) is 32.7 Å². The van der Waals surface area contributed by atoms with Crippen LogP contribution in [0, 0.1) is 41.5 Å². The van der Waals surface area contributed by atoms with Gasteiger partial charge in [-0.2, -0.15) is 0 Å². The number of aromatic hydroxyl groups is 1. The molecule has 0 atom stereocenters. The van der Waals surface area contributed by atoms with Crippen molar-refractivity contribution in [2.24, 2.45) is 0 Å². The lowest BCUT2D eigenvalue weighted by Crippen LogP contribution is -2.11. The highest BCUT2D eigenvalue weighted by atomic mass is 32.1. The Morgan fingerprint density at radius 2 is 1.45 bits per heavy atom. The zero-order valence-corrected chi connectivity index (χ0v) is 13.7. The Morgan fingerprint density at radius 1 is 0.850 bits per heavy atom. The summed E-state index contributed by atoms with van der Waals surface area (Å²) in [6, 6.07) is 2.08. The molecule has 0 radical (unpaired) electrons. The minimum atomic E-state index is -0.0618. The second kappa shape index (κ2) is 5.06. The summed E-state index contributed by atoms with van der Waals surface area (Å²) in [7, 11) is 0. The average Bonchev–Trinajstić information content (AvgIpc) is 2.37. The van der Waals surface area contributed by atoms with E-state index < -0.39 is 0 Å². The Labute approximate surface area is 123 Å². The summed E-state index contributed by atoms with van der Waals surface area (Å²) >= 11 is 1.28. The standard InChI is InChI=1S/C17H20O2S/c1-8-7-9(2)14(11(4)10(8)3)15-16(18)12(5)13(6)20-17(15)19/h7,19H,1-6H3.